The summed E-state index contributed by atoms with van der Waals surface area (Å²) in [5.41, 5.74) is -0.550. The summed E-state index contributed by atoms with van der Waals surface area (Å²) in [4.78, 5) is 13.9. The molecule has 0 radical (unpaired) electrons. The van der Waals surface area contributed by atoms with Crippen LogP contribution in [-0.2, 0) is 0 Å². The van der Waals surface area contributed by atoms with Crippen LogP contribution in [0, 0.1) is 4.91 Å². The molecule has 0 aliphatic heterocycles. The first-order chi connectivity index (χ1) is 5.77. The van der Waals surface area contributed by atoms with Crippen LogP contribution in [0.2, 0.25) is 0 Å². The SMILES string of the molecule is COc1ccnc(C(Cl)N=O)c1. The molecule has 0 N–H and O–H groups in total. The van der Waals surface area contributed by atoms with E-state index in [1.807, 2.05) is 0 Å². The topological polar surface area (TPSA) is 51.6 Å². The minimum Gasteiger partial charge on any atom is -0.497 e. The van der Waals surface area contributed by atoms with Crippen molar-refractivity contribution in [3.05, 3.63) is 28.9 Å². The Morgan fingerprint density at radius 2 is 2.50 bits per heavy atom. The molecule has 0 aliphatic carbocycles. The van der Waals surface area contributed by atoms with Crippen molar-refractivity contribution in [1.82, 2.24) is 4.98 Å². The third-order valence-corrected chi connectivity index (χ3v) is 1.63. The average molecular weight is 187 g/mol. The predicted octanol–water partition coefficient (Wildman–Crippen LogP) is 2.09. The van der Waals surface area contributed by atoms with Gasteiger partial charge in [0.25, 0.3) is 0 Å². The van der Waals surface area contributed by atoms with Gasteiger partial charge in [-0.15, -0.1) is 4.91 Å². The number of rotatable bonds is 3. The lowest BCUT2D eigenvalue weighted by Crippen LogP contribution is -1.91. The van der Waals surface area contributed by atoms with Crippen LogP contribution >= 0.6 is 11.6 Å². The second kappa shape index (κ2) is 4.01. The number of hydrogen-bond donors (Lipinski definition) is 0. The number of halogens is 1. The minimum atomic E-state index is -0.944. The summed E-state index contributed by atoms with van der Waals surface area (Å²) in [6, 6.07) is 3.23. The third-order valence-electron chi connectivity index (χ3n) is 1.32. The molecule has 1 aromatic heterocycles. The highest BCUT2D eigenvalue weighted by molar-refractivity contribution is 6.20. The highest BCUT2D eigenvalue weighted by Gasteiger charge is 2.08. The molecule has 0 bridgehead atoms. The molecule has 1 heterocycles. The van der Waals surface area contributed by atoms with Crippen molar-refractivity contribution in [2.24, 2.45) is 5.18 Å². The van der Waals surface area contributed by atoms with Gasteiger partial charge in [0.2, 0.25) is 5.50 Å². The van der Waals surface area contributed by atoms with E-state index in [1.165, 1.54) is 13.3 Å². The fourth-order valence-corrected chi connectivity index (χ4v) is 0.859. The zero-order valence-electron chi connectivity index (χ0n) is 6.40. The van der Waals surface area contributed by atoms with E-state index in [2.05, 4.69) is 10.2 Å². The number of methoxy groups -OCH3 is 1. The molecule has 0 aromatic carbocycles. The van der Waals surface area contributed by atoms with Crippen molar-refractivity contribution in [2.45, 2.75) is 5.50 Å². The summed E-state index contributed by atoms with van der Waals surface area (Å²) in [7, 11) is 1.52. The maximum Gasteiger partial charge on any atom is 0.207 e. The van der Waals surface area contributed by atoms with Gasteiger partial charge in [-0.05, 0) is 11.2 Å². The number of nitroso groups, excluding NO2 is 1. The summed E-state index contributed by atoms with van der Waals surface area (Å²) < 4.78 is 4.91. The normalized spacial score (nSPS) is 12.2. The van der Waals surface area contributed by atoms with Crippen molar-refractivity contribution in [1.29, 1.82) is 0 Å². The van der Waals surface area contributed by atoms with E-state index in [0.29, 0.717) is 11.4 Å². The predicted molar refractivity (Wildman–Crippen MR) is 45.2 cm³/mol. The van der Waals surface area contributed by atoms with Gasteiger partial charge in [0.05, 0.1) is 12.8 Å². The molecule has 1 rings (SSSR count). The number of alkyl halides is 1. The maximum atomic E-state index is 10.0. The minimum absolute atomic E-state index is 0.394. The van der Waals surface area contributed by atoms with Gasteiger partial charge in [0.15, 0.2) is 0 Å². The third kappa shape index (κ3) is 1.92. The highest BCUT2D eigenvalue weighted by atomic mass is 35.5. The standard InChI is InChI=1S/C7H7ClN2O2/c1-12-5-2-3-9-6(4-5)7(8)10-11/h2-4,7H,1H3. The van der Waals surface area contributed by atoms with Crippen LogP contribution in [0.15, 0.2) is 23.5 Å². The van der Waals surface area contributed by atoms with E-state index >= 15 is 0 Å². The van der Waals surface area contributed by atoms with Gasteiger partial charge in [-0.1, -0.05) is 11.6 Å². The first-order valence-corrected chi connectivity index (χ1v) is 3.68. The molecule has 0 fully saturated rings. The lowest BCUT2D eigenvalue weighted by atomic mass is 10.3. The fourth-order valence-electron chi connectivity index (χ4n) is 0.739. The van der Waals surface area contributed by atoms with Crippen LogP contribution in [0.3, 0.4) is 0 Å². The second-order valence-corrected chi connectivity index (χ2v) is 2.48. The van der Waals surface area contributed by atoms with Crippen molar-refractivity contribution in [3.8, 4) is 5.75 Å². The molecule has 0 saturated carbocycles. The Balaban J connectivity index is 2.93. The summed E-state index contributed by atoms with van der Waals surface area (Å²) in [6.45, 7) is 0. The molecule has 0 aliphatic rings. The number of ether oxygens (including phenoxy) is 1. The molecule has 0 amide bonds. The largest absolute Gasteiger partial charge is 0.497 e. The Morgan fingerprint density at radius 1 is 1.75 bits per heavy atom. The molecule has 1 atom stereocenters. The van der Waals surface area contributed by atoms with Gasteiger partial charge in [-0.3, -0.25) is 4.98 Å². The Bertz CT molecular complexity index is 280. The average Bonchev–Trinajstić information content (AvgIpc) is 2.17. The molecule has 5 heteroatoms. The van der Waals surface area contributed by atoms with Crippen molar-refractivity contribution in [3.63, 3.8) is 0 Å². The van der Waals surface area contributed by atoms with Gasteiger partial charge in [0, 0.05) is 12.3 Å². The number of aromatic nitrogens is 1. The Morgan fingerprint density at radius 3 is 3.08 bits per heavy atom. The zero-order chi connectivity index (χ0) is 8.97. The Hall–Kier alpha value is -1.16. The second-order valence-electron chi connectivity index (χ2n) is 2.06. The van der Waals surface area contributed by atoms with Crippen LogP contribution in [0.5, 0.6) is 5.75 Å². The summed E-state index contributed by atoms with van der Waals surface area (Å²) >= 11 is 5.52. The van der Waals surface area contributed by atoms with E-state index < -0.39 is 5.50 Å². The molecule has 0 saturated heterocycles. The summed E-state index contributed by atoms with van der Waals surface area (Å²) in [6.07, 6.45) is 1.51. The number of hydrogen-bond acceptors (Lipinski definition) is 4. The zero-order valence-corrected chi connectivity index (χ0v) is 7.15. The van der Waals surface area contributed by atoms with Crippen LogP contribution in [0.4, 0.5) is 0 Å². The highest BCUT2D eigenvalue weighted by Crippen LogP contribution is 2.22. The van der Waals surface area contributed by atoms with Crippen LogP contribution in [0.25, 0.3) is 0 Å². The number of pyridine rings is 1. The van der Waals surface area contributed by atoms with Crippen LogP contribution < -0.4 is 4.74 Å². The Kier molecular flexibility index (Phi) is 2.99. The van der Waals surface area contributed by atoms with E-state index in [-0.39, 0.29) is 0 Å². The smallest absolute Gasteiger partial charge is 0.207 e. The van der Waals surface area contributed by atoms with E-state index in [0.717, 1.165) is 0 Å². The summed E-state index contributed by atoms with van der Waals surface area (Å²) in [5.74, 6) is 0.606. The molecular weight excluding hydrogens is 180 g/mol. The van der Waals surface area contributed by atoms with Crippen LogP contribution in [0.1, 0.15) is 11.2 Å². The van der Waals surface area contributed by atoms with Gasteiger partial charge >= 0.3 is 0 Å². The molecule has 4 nitrogen and oxygen atoms in total. The van der Waals surface area contributed by atoms with Crippen LogP contribution in [-0.4, -0.2) is 12.1 Å². The van der Waals surface area contributed by atoms with Crippen molar-refractivity contribution < 1.29 is 4.74 Å². The Labute approximate surface area is 74.5 Å². The molecule has 0 spiro atoms. The molecule has 64 valence electrons. The lowest BCUT2D eigenvalue weighted by molar-refractivity contribution is 0.413. The fraction of sp³-hybridized carbons (Fsp3) is 0.286. The summed E-state index contributed by atoms with van der Waals surface area (Å²) in [5, 5.41) is 2.63. The molecule has 12 heavy (non-hydrogen) atoms. The van der Waals surface area contributed by atoms with Gasteiger partial charge < -0.3 is 4.74 Å². The molecular formula is C7H7ClN2O2. The number of nitrogens with zero attached hydrogens (tertiary/aromatic N) is 2. The van der Waals surface area contributed by atoms with Gasteiger partial charge in [-0.25, -0.2) is 0 Å². The monoisotopic (exact) mass is 186 g/mol. The molecule has 1 aromatic rings. The van der Waals surface area contributed by atoms with Crippen molar-refractivity contribution in [2.75, 3.05) is 7.11 Å². The molecule has 1 unspecified atom stereocenters. The van der Waals surface area contributed by atoms with Crippen molar-refractivity contribution >= 4 is 11.6 Å². The van der Waals surface area contributed by atoms with E-state index in [9.17, 15) is 4.91 Å². The first kappa shape index (κ1) is 8.93. The first-order valence-electron chi connectivity index (χ1n) is 3.24. The quantitative estimate of drug-likeness (QED) is 0.413. The van der Waals surface area contributed by atoms with E-state index in [4.69, 9.17) is 16.3 Å². The lowest BCUT2D eigenvalue weighted by Gasteiger charge is -2.02. The maximum absolute atomic E-state index is 10.0. The van der Waals surface area contributed by atoms with E-state index in [1.54, 1.807) is 12.1 Å². The van der Waals surface area contributed by atoms with Gasteiger partial charge in [-0.2, -0.15) is 0 Å². The van der Waals surface area contributed by atoms with Gasteiger partial charge in [0.1, 0.15) is 5.75 Å².